The zero-order chi connectivity index (χ0) is 16.8. The SMILES string of the molecule is CCN(CC(C)(CI)OCC1CCOC1)C(=O)OC(C)(C)C. The topological polar surface area (TPSA) is 48.0 Å². The van der Waals surface area contributed by atoms with Crippen LogP contribution in [-0.4, -0.2) is 59.5 Å². The summed E-state index contributed by atoms with van der Waals surface area (Å²) in [5, 5.41) is 0. The van der Waals surface area contributed by atoms with Gasteiger partial charge in [0.15, 0.2) is 0 Å². The molecule has 1 saturated heterocycles. The van der Waals surface area contributed by atoms with Crippen LogP contribution in [0.1, 0.15) is 41.0 Å². The Kier molecular flexibility index (Phi) is 7.88. The molecule has 5 nitrogen and oxygen atoms in total. The largest absolute Gasteiger partial charge is 0.444 e. The van der Waals surface area contributed by atoms with Crippen LogP contribution in [0.5, 0.6) is 0 Å². The molecule has 0 bridgehead atoms. The van der Waals surface area contributed by atoms with Crippen LogP contribution in [0.3, 0.4) is 0 Å². The standard InChI is InChI=1S/C16H30INO4/c1-6-18(14(19)22-15(2,3)4)12-16(5,11-17)21-10-13-7-8-20-9-13/h13H,6-12H2,1-5H3. The van der Waals surface area contributed by atoms with Gasteiger partial charge in [0.05, 0.1) is 25.4 Å². The molecule has 1 rings (SSSR count). The van der Waals surface area contributed by atoms with Gasteiger partial charge < -0.3 is 19.1 Å². The summed E-state index contributed by atoms with van der Waals surface area (Å²) in [4.78, 5) is 14.0. The minimum atomic E-state index is -0.479. The highest BCUT2D eigenvalue weighted by Crippen LogP contribution is 2.22. The molecule has 0 saturated carbocycles. The molecule has 1 heterocycles. The summed E-state index contributed by atoms with van der Waals surface area (Å²) in [5.74, 6) is 0.471. The number of nitrogens with zero attached hydrogens (tertiary/aromatic N) is 1. The van der Waals surface area contributed by atoms with Gasteiger partial charge in [0.25, 0.3) is 0 Å². The number of hydrogen-bond acceptors (Lipinski definition) is 4. The molecular weight excluding hydrogens is 397 g/mol. The number of alkyl halides is 1. The minimum absolute atomic E-state index is 0.279. The quantitative estimate of drug-likeness (QED) is 0.461. The summed E-state index contributed by atoms with van der Waals surface area (Å²) in [6.07, 6.45) is 0.778. The number of hydrogen-bond donors (Lipinski definition) is 0. The van der Waals surface area contributed by atoms with Crippen molar-refractivity contribution in [3.8, 4) is 0 Å². The molecule has 0 radical (unpaired) electrons. The van der Waals surface area contributed by atoms with E-state index in [1.165, 1.54) is 0 Å². The highest BCUT2D eigenvalue weighted by Gasteiger charge is 2.32. The zero-order valence-electron chi connectivity index (χ0n) is 14.5. The van der Waals surface area contributed by atoms with Gasteiger partial charge in [-0.1, -0.05) is 22.6 Å². The second kappa shape index (κ2) is 8.68. The fourth-order valence-corrected chi connectivity index (χ4v) is 2.66. The van der Waals surface area contributed by atoms with Crippen molar-refractivity contribution in [2.24, 2.45) is 5.92 Å². The number of carbonyl (C=O) groups is 1. The smallest absolute Gasteiger partial charge is 0.410 e. The molecule has 0 aromatic rings. The van der Waals surface area contributed by atoms with E-state index in [2.05, 4.69) is 29.5 Å². The highest BCUT2D eigenvalue weighted by atomic mass is 127. The summed E-state index contributed by atoms with van der Waals surface area (Å²) in [6, 6.07) is 0. The summed E-state index contributed by atoms with van der Waals surface area (Å²) in [6.45, 7) is 13.1. The molecule has 1 fully saturated rings. The number of amides is 1. The second-order valence-electron chi connectivity index (χ2n) is 7.12. The van der Waals surface area contributed by atoms with Crippen molar-refractivity contribution in [1.29, 1.82) is 0 Å². The molecular formula is C16H30INO4. The monoisotopic (exact) mass is 427 g/mol. The van der Waals surface area contributed by atoms with E-state index in [0.29, 0.717) is 25.6 Å². The van der Waals surface area contributed by atoms with Gasteiger partial charge in [0, 0.05) is 23.5 Å². The number of carbonyl (C=O) groups excluding carboxylic acids is 1. The fraction of sp³-hybridized carbons (Fsp3) is 0.938. The first-order valence-corrected chi connectivity index (χ1v) is 9.47. The third-order valence-electron chi connectivity index (χ3n) is 3.53. The van der Waals surface area contributed by atoms with Crippen LogP contribution in [0.15, 0.2) is 0 Å². The molecule has 0 spiro atoms. The van der Waals surface area contributed by atoms with Crippen molar-refractivity contribution in [2.45, 2.75) is 52.2 Å². The van der Waals surface area contributed by atoms with E-state index in [-0.39, 0.29) is 11.7 Å². The molecule has 1 amide bonds. The molecule has 0 aromatic heterocycles. The van der Waals surface area contributed by atoms with Crippen molar-refractivity contribution in [1.82, 2.24) is 4.90 Å². The van der Waals surface area contributed by atoms with E-state index in [0.717, 1.165) is 24.1 Å². The van der Waals surface area contributed by atoms with E-state index in [9.17, 15) is 4.79 Å². The average molecular weight is 427 g/mol. The summed E-state index contributed by atoms with van der Waals surface area (Å²) in [5.41, 5.74) is -0.844. The van der Waals surface area contributed by atoms with E-state index < -0.39 is 5.60 Å². The Bertz CT molecular complexity index is 353. The van der Waals surface area contributed by atoms with E-state index >= 15 is 0 Å². The van der Waals surface area contributed by atoms with Gasteiger partial charge in [0.1, 0.15) is 5.60 Å². The number of rotatable bonds is 7. The molecule has 22 heavy (non-hydrogen) atoms. The van der Waals surface area contributed by atoms with Crippen molar-refractivity contribution in [2.75, 3.05) is 37.3 Å². The van der Waals surface area contributed by atoms with E-state index in [4.69, 9.17) is 14.2 Å². The van der Waals surface area contributed by atoms with Crippen LogP contribution in [0, 0.1) is 5.92 Å². The maximum absolute atomic E-state index is 12.3. The predicted molar refractivity (Wildman–Crippen MR) is 95.7 cm³/mol. The van der Waals surface area contributed by atoms with Gasteiger partial charge in [-0.2, -0.15) is 0 Å². The van der Waals surface area contributed by atoms with Crippen LogP contribution in [0.4, 0.5) is 4.79 Å². The Balaban J connectivity index is 2.57. The third-order valence-corrected chi connectivity index (χ3v) is 5.15. The Morgan fingerprint density at radius 1 is 1.36 bits per heavy atom. The van der Waals surface area contributed by atoms with E-state index in [1.54, 1.807) is 4.90 Å². The molecule has 6 heteroatoms. The third kappa shape index (κ3) is 7.00. The molecule has 0 aromatic carbocycles. The molecule has 1 aliphatic rings. The lowest BCUT2D eigenvalue weighted by Gasteiger charge is -2.35. The molecule has 0 aliphatic carbocycles. The zero-order valence-corrected chi connectivity index (χ0v) is 16.6. The minimum Gasteiger partial charge on any atom is -0.444 e. The van der Waals surface area contributed by atoms with Crippen molar-refractivity contribution < 1.29 is 19.0 Å². The van der Waals surface area contributed by atoms with Crippen LogP contribution in [-0.2, 0) is 14.2 Å². The first kappa shape index (κ1) is 20.0. The summed E-state index contributed by atoms with van der Waals surface area (Å²) < 4.78 is 17.8. The normalized spacial score (nSPS) is 21.5. The summed E-state index contributed by atoms with van der Waals surface area (Å²) >= 11 is 2.32. The predicted octanol–water partition coefficient (Wildman–Crippen LogP) is 3.49. The second-order valence-corrected chi connectivity index (χ2v) is 7.88. The fourth-order valence-electron chi connectivity index (χ4n) is 2.20. The maximum atomic E-state index is 12.3. The van der Waals surface area contributed by atoms with Crippen LogP contribution < -0.4 is 0 Å². The Labute approximate surface area is 148 Å². The Hall–Kier alpha value is -0.0800. The van der Waals surface area contributed by atoms with Gasteiger partial charge in [0.2, 0.25) is 0 Å². The van der Waals surface area contributed by atoms with Crippen molar-refractivity contribution >= 4 is 28.7 Å². The van der Waals surface area contributed by atoms with Gasteiger partial charge in [-0.05, 0) is 41.0 Å². The summed E-state index contributed by atoms with van der Waals surface area (Å²) in [7, 11) is 0. The first-order chi connectivity index (χ1) is 10.2. The Morgan fingerprint density at radius 3 is 2.50 bits per heavy atom. The van der Waals surface area contributed by atoms with Gasteiger partial charge in [-0.15, -0.1) is 0 Å². The lowest BCUT2D eigenvalue weighted by molar-refractivity contribution is -0.0539. The highest BCUT2D eigenvalue weighted by molar-refractivity contribution is 14.1. The lowest BCUT2D eigenvalue weighted by atomic mass is 10.1. The number of halogens is 1. The molecule has 1 aliphatic heterocycles. The van der Waals surface area contributed by atoms with Crippen LogP contribution in [0.2, 0.25) is 0 Å². The van der Waals surface area contributed by atoms with Gasteiger partial charge >= 0.3 is 6.09 Å². The maximum Gasteiger partial charge on any atom is 0.410 e. The lowest BCUT2D eigenvalue weighted by Crippen LogP contribution is -2.48. The van der Waals surface area contributed by atoms with Crippen LogP contribution in [0.25, 0.3) is 0 Å². The van der Waals surface area contributed by atoms with E-state index in [1.807, 2.05) is 27.7 Å². The van der Waals surface area contributed by atoms with Crippen LogP contribution >= 0.6 is 22.6 Å². The van der Waals surface area contributed by atoms with Crippen molar-refractivity contribution in [3.63, 3.8) is 0 Å². The number of likely N-dealkylation sites (N-methyl/N-ethyl adjacent to an activating group) is 1. The van der Waals surface area contributed by atoms with Gasteiger partial charge in [-0.25, -0.2) is 4.79 Å². The molecule has 2 unspecified atom stereocenters. The average Bonchev–Trinajstić information content (AvgIpc) is 2.94. The Morgan fingerprint density at radius 2 is 2.05 bits per heavy atom. The molecule has 0 N–H and O–H groups in total. The number of ether oxygens (including phenoxy) is 3. The van der Waals surface area contributed by atoms with Gasteiger partial charge in [-0.3, -0.25) is 0 Å². The van der Waals surface area contributed by atoms with Crippen molar-refractivity contribution in [3.05, 3.63) is 0 Å². The molecule has 2 atom stereocenters. The molecule has 130 valence electrons. The first-order valence-electron chi connectivity index (χ1n) is 7.94.